The second-order valence-corrected chi connectivity index (χ2v) is 8.57. The smallest absolute Gasteiger partial charge is 0.159 e. The molecule has 0 aliphatic heterocycles. The molecule has 0 amide bonds. The summed E-state index contributed by atoms with van der Waals surface area (Å²) in [6, 6.07) is 28.7. The normalized spacial score (nSPS) is 11.8. The van der Waals surface area contributed by atoms with Crippen LogP contribution in [0.15, 0.2) is 84.9 Å². The van der Waals surface area contributed by atoms with Crippen LogP contribution in [0.25, 0.3) is 66.9 Å². The standard InChI is InChI=1S/C28H20N6/c1-33-23-9-5-3-7-19(23)31-27(33)21-15-13-17-11-12-18-14-16-22(30-26(18)25(17)29-21)28-32-20-8-4-6-10-24(20)34(28)2/h3-16H,1-2H3. The van der Waals surface area contributed by atoms with Gasteiger partial charge in [-0.05, 0) is 36.4 Å². The maximum atomic E-state index is 5.06. The number of aromatic nitrogens is 6. The van der Waals surface area contributed by atoms with Crippen LogP contribution in [0.3, 0.4) is 0 Å². The highest BCUT2D eigenvalue weighted by Crippen LogP contribution is 2.30. The molecule has 0 aliphatic carbocycles. The van der Waals surface area contributed by atoms with Gasteiger partial charge in [0.1, 0.15) is 11.4 Å². The van der Waals surface area contributed by atoms with E-state index in [1.165, 1.54) is 0 Å². The van der Waals surface area contributed by atoms with E-state index in [-0.39, 0.29) is 0 Å². The SMILES string of the molecule is Cn1c(-c2ccc3ccc4ccc(-c5nc6ccccc6n5C)nc4c3n2)nc2ccccc21. The van der Waals surface area contributed by atoms with E-state index in [4.69, 9.17) is 19.9 Å². The Kier molecular flexibility index (Phi) is 3.88. The summed E-state index contributed by atoms with van der Waals surface area (Å²) in [7, 11) is 4.06. The molecule has 0 fully saturated rings. The van der Waals surface area contributed by atoms with Crippen LogP contribution in [0.5, 0.6) is 0 Å². The van der Waals surface area contributed by atoms with Crippen LogP contribution < -0.4 is 0 Å². The van der Waals surface area contributed by atoms with Gasteiger partial charge in [-0.25, -0.2) is 19.9 Å². The number of aryl methyl sites for hydroxylation is 2. The molecule has 0 saturated heterocycles. The third-order valence-electron chi connectivity index (χ3n) is 6.55. The van der Waals surface area contributed by atoms with Crippen LogP contribution in [0.2, 0.25) is 0 Å². The summed E-state index contributed by atoms with van der Waals surface area (Å²) in [5, 5.41) is 2.09. The van der Waals surface area contributed by atoms with Gasteiger partial charge in [0, 0.05) is 24.9 Å². The second kappa shape index (κ2) is 6.96. The predicted octanol–water partition coefficient (Wildman–Crippen LogP) is 5.89. The molecule has 0 atom stereocenters. The first kappa shape index (κ1) is 18.9. The number of fused-ring (bicyclic) bond motifs is 5. The van der Waals surface area contributed by atoms with Gasteiger partial charge in [-0.1, -0.05) is 48.5 Å². The van der Waals surface area contributed by atoms with E-state index in [0.717, 1.165) is 66.9 Å². The molecule has 0 radical (unpaired) electrons. The van der Waals surface area contributed by atoms with Crippen molar-refractivity contribution < 1.29 is 0 Å². The van der Waals surface area contributed by atoms with Gasteiger partial charge in [0.05, 0.1) is 33.1 Å². The summed E-state index contributed by atoms with van der Waals surface area (Å²) in [6.07, 6.45) is 0. The van der Waals surface area contributed by atoms with E-state index in [0.29, 0.717) is 0 Å². The molecule has 7 rings (SSSR count). The van der Waals surface area contributed by atoms with Crippen molar-refractivity contribution in [2.75, 3.05) is 0 Å². The van der Waals surface area contributed by atoms with Gasteiger partial charge >= 0.3 is 0 Å². The van der Waals surface area contributed by atoms with Gasteiger partial charge in [0.2, 0.25) is 0 Å². The summed E-state index contributed by atoms with van der Waals surface area (Å²) < 4.78 is 4.18. The Morgan fingerprint density at radius 2 is 0.882 bits per heavy atom. The molecular weight excluding hydrogens is 420 g/mol. The molecule has 0 bridgehead atoms. The molecule has 6 nitrogen and oxygen atoms in total. The van der Waals surface area contributed by atoms with Crippen molar-refractivity contribution in [3.63, 3.8) is 0 Å². The van der Waals surface area contributed by atoms with Crippen molar-refractivity contribution in [2.24, 2.45) is 14.1 Å². The Morgan fingerprint density at radius 1 is 0.471 bits per heavy atom. The summed E-state index contributed by atoms with van der Waals surface area (Å²) in [6.45, 7) is 0. The van der Waals surface area contributed by atoms with Gasteiger partial charge in [0.15, 0.2) is 11.6 Å². The summed E-state index contributed by atoms with van der Waals surface area (Å²) >= 11 is 0. The Morgan fingerprint density at radius 3 is 1.32 bits per heavy atom. The highest BCUT2D eigenvalue weighted by molar-refractivity contribution is 6.04. The lowest BCUT2D eigenvalue weighted by Crippen LogP contribution is -1.97. The zero-order valence-corrected chi connectivity index (χ0v) is 18.8. The first-order chi connectivity index (χ1) is 16.7. The monoisotopic (exact) mass is 440 g/mol. The van der Waals surface area contributed by atoms with Gasteiger partial charge in [-0.3, -0.25) is 0 Å². The van der Waals surface area contributed by atoms with Crippen LogP contribution in [-0.2, 0) is 14.1 Å². The van der Waals surface area contributed by atoms with Crippen LogP contribution in [0.4, 0.5) is 0 Å². The number of para-hydroxylation sites is 4. The molecule has 0 aliphatic rings. The van der Waals surface area contributed by atoms with Crippen molar-refractivity contribution >= 4 is 43.9 Å². The van der Waals surface area contributed by atoms with E-state index in [1.54, 1.807) is 0 Å². The number of hydrogen-bond donors (Lipinski definition) is 0. The quantitative estimate of drug-likeness (QED) is 0.315. The number of benzene rings is 3. The lowest BCUT2D eigenvalue weighted by Gasteiger charge is -2.08. The Bertz CT molecular complexity index is 1750. The van der Waals surface area contributed by atoms with E-state index < -0.39 is 0 Å². The largest absolute Gasteiger partial charge is 0.326 e. The third-order valence-corrected chi connectivity index (χ3v) is 6.55. The molecule has 0 N–H and O–H groups in total. The fraction of sp³-hybridized carbons (Fsp3) is 0.0714. The van der Waals surface area contributed by atoms with Crippen LogP contribution in [0, 0.1) is 0 Å². The average molecular weight is 441 g/mol. The minimum atomic E-state index is 0.827. The topological polar surface area (TPSA) is 61.4 Å². The van der Waals surface area contributed by atoms with Gasteiger partial charge in [-0.15, -0.1) is 0 Å². The molecule has 0 saturated carbocycles. The minimum Gasteiger partial charge on any atom is -0.326 e. The van der Waals surface area contributed by atoms with Crippen molar-refractivity contribution in [3.8, 4) is 23.0 Å². The molecule has 4 aromatic heterocycles. The van der Waals surface area contributed by atoms with Crippen LogP contribution in [-0.4, -0.2) is 29.1 Å². The van der Waals surface area contributed by atoms with Crippen molar-refractivity contribution in [3.05, 3.63) is 84.9 Å². The minimum absolute atomic E-state index is 0.827. The number of rotatable bonds is 2. The highest BCUT2D eigenvalue weighted by atomic mass is 15.1. The fourth-order valence-corrected chi connectivity index (χ4v) is 4.77. The molecule has 34 heavy (non-hydrogen) atoms. The average Bonchev–Trinajstić information content (AvgIpc) is 3.40. The number of hydrogen-bond acceptors (Lipinski definition) is 4. The lowest BCUT2D eigenvalue weighted by molar-refractivity contribution is 0.951. The number of pyridine rings is 2. The summed E-state index contributed by atoms with van der Waals surface area (Å²) in [5.74, 6) is 1.68. The first-order valence-corrected chi connectivity index (χ1v) is 11.2. The van der Waals surface area contributed by atoms with Crippen molar-refractivity contribution in [2.45, 2.75) is 0 Å². The lowest BCUT2D eigenvalue weighted by atomic mass is 10.1. The maximum Gasteiger partial charge on any atom is 0.159 e. The molecule has 0 spiro atoms. The van der Waals surface area contributed by atoms with E-state index in [2.05, 4.69) is 45.5 Å². The molecule has 3 aromatic carbocycles. The van der Waals surface area contributed by atoms with Crippen molar-refractivity contribution in [1.29, 1.82) is 0 Å². The van der Waals surface area contributed by atoms with Crippen LogP contribution >= 0.6 is 0 Å². The molecular formula is C28H20N6. The van der Waals surface area contributed by atoms with E-state index in [1.807, 2.05) is 62.6 Å². The first-order valence-electron chi connectivity index (χ1n) is 11.2. The van der Waals surface area contributed by atoms with Crippen molar-refractivity contribution in [1.82, 2.24) is 29.1 Å². The maximum absolute atomic E-state index is 5.06. The van der Waals surface area contributed by atoms with E-state index in [9.17, 15) is 0 Å². The second-order valence-electron chi connectivity index (χ2n) is 8.57. The molecule has 162 valence electrons. The Hall–Kier alpha value is -4.58. The number of nitrogens with zero attached hydrogens (tertiary/aromatic N) is 6. The number of imidazole rings is 2. The predicted molar refractivity (Wildman–Crippen MR) is 136 cm³/mol. The van der Waals surface area contributed by atoms with Crippen LogP contribution in [0.1, 0.15) is 0 Å². The fourth-order valence-electron chi connectivity index (χ4n) is 4.77. The zero-order chi connectivity index (χ0) is 22.8. The zero-order valence-electron chi connectivity index (χ0n) is 18.8. The van der Waals surface area contributed by atoms with Gasteiger partial charge in [-0.2, -0.15) is 0 Å². The Labute approximate surface area is 195 Å². The highest BCUT2D eigenvalue weighted by Gasteiger charge is 2.15. The van der Waals surface area contributed by atoms with Gasteiger partial charge < -0.3 is 9.13 Å². The summed E-state index contributed by atoms with van der Waals surface area (Å²) in [5.41, 5.74) is 7.47. The molecule has 4 heterocycles. The van der Waals surface area contributed by atoms with E-state index >= 15 is 0 Å². The summed E-state index contributed by atoms with van der Waals surface area (Å²) in [4.78, 5) is 19.8. The van der Waals surface area contributed by atoms with Gasteiger partial charge in [0.25, 0.3) is 0 Å². The third kappa shape index (κ3) is 2.69. The Balaban J connectivity index is 1.46. The molecule has 6 heteroatoms. The molecule has 0 unspecified atom stereocenters. The molecule has 7 aromatic rings.